The van der Waals surface area contributed by atoms with Crippen LogP contribution in [0.2, 0.25) is 0 Å². The molecule has 0 bridgehead atoms. The van der Waals surface area contributed by atoms with Crippen molar-refractivity contribution in [3.05, 3.63) is 54.3 Å². The van der Waals surface area contributed by atoms with Crippen molar-refractivity contribution in [2.75, 3.05) is 12.4 Å². The Morgan fingerprint density at radius 2 is 1.76 bits per heavy atom. The third-order valence-corrected chi connectivity index (χ3v) is 3.50. The lowest BCUT2D eigenvalue weighted by Gasteiger charge is -2.03. The Hall–Kier alpha value is -2.47. The molecule has 0 atom stereocenters. The first-order valence-electron chi connectivity index (χ1n) is 6.25. The van der Waals surface area contributed by atoms with Crippen LogP contribution in [0.4, 0.5) is 15.2 Å². The first-order chi connectivity index (χ1) is 10.2. The van der Waals surface area contributed by atoms with E-state index in [9.17, 15) is 4.39 Å². The van der Waals surface area contributed by atoms with Crippen LogP contribution < -0.4 is 10.1 Å². The number of rotatable bonds is 4. The molecule has 1 aromatic heterocycles. The van der Waals surface area contributed by atoms with E-state index >= 15 is 0 Å². The maximum absolute atomic E-state index is 12.9. The van der Waals surface area contributed by atoms with Gasteiger partial charge in [0.05, 0.1) is 7.11 Å². The van der Waals surface area contributed by atoms with Crippen LogP contribution >= 0.6 is 11.5 Å². The first-order valence-corrected chi connectivity index (χ1v) is 7.03. The SMILES string of the molecule is COc1ccc(Nc2nc(-c3ccc(F)cc3)ns2)cc1. The molecule has 0 saturated heterocycles. The topological polar surface area (TPSA) is 47.0 Å². The van der Waals surface area contributed by atoms with E-state index in [4.69, 9.17) is 4.74 Å². The highest BCUT2D eigenvalue weighted by Crippen LogP contribution is 2.25. The fraction of sp³-hybridized carbons (Fsp3) is 0.0667. The first kappa shape index (κ1) is 13.5. The van der Waals surface area contributed by atoms with Crippen LogP contribution in [-0.4, -0.2) is 16.5 Å². The lowest BCUT2D eigenvalue weighted by molar-refractivity contribution is 0.415. The summed E-state index contributed by atoms with van der Waals surface area (Å²) < 4.78 is 22.3. The smallest absolute Gasteiger partial charge is 0.207 e. The molecule has 0 saturated carbocycles. The van der Waals surface area contributed by atoms with Crippen molar-refractivity contribution >= 4 is 22.4 Å². The molecule has 0 amide bonds. The molecule has 0 aliphatic rings. The second-order valence-electron chi connectivity index (χ2n) is 4.28. The molecule has 1 N–H and O–H groups in total. The van der Waals surface area contributed by atoms with Gasteiger partial charge in [-0.3, -0.25) is 0 Å². The van der Waals surface area contributed by atoms with Crippen LogP contribution in [0.15, 0.2) is 48.5 Å². The zero-order valence-corrected chi connectivity index (χ0v) is 12.0. The van der Waals surface area contributed by atoms with Crippen molar-refractivity contribution in [3.8, 4) is 17.1 Å². The minimum absolute atomic E-state index is 0.273. The summed E-state index contributed by atoms with van der Waals surface area (Å²) in [5, 5.41) is 3.85. The summed E-state index contributed by atoms with van der Waals surface area (Å²) >= 11 is 1.26. The van der Waals surface area contributed by atoms with Crippen molar-refractivity contribution in [1.29, 1.82) is 0 Å². The van der Waals surface area contributed by atoms with Gasteiger partial charge in [-0.25, -0.2) is 4.39 Å². The number of benzene rings is 2. The van der Waals surface area contributed by atoms with Crippen LogP contribution in [0.1, 0.15) is 0 Å². The molecule has 6 heteroatoms. The third kappa shape index (κ3) is 3.17. The monoisotopic (exact) mass is 301 g/mol. The molecule has 0 unspecified atom stereocenters. The fourth-order valence-corrected chi connectivity index (χ4v) is 2.40. The number of anilines is 2. The van der Waals surface area contributed by atoms with Gasteiger partial charge in [0.2, 0.25) is 5.13 Å². The Bertz CT molecular complexity index is 725. The summed E-state index contributed by atoms with van der Waals surface area (Å²) in [5.74, 6) is 1.10. The summed E-state index contributed by atoms with van der Waals surface area (Å²) in [4.78, 5) is 4.39. The third-order valence-electron chi connectivity index (χ3n) is 2.87. The quantitative estimate of drug-likeness (QED) is 0.788. The zero-order chi connectivity index (χ0) is 14.7. The minimum atomic E-state index is -0.273. The van der Waals surface area contributed by atoms with Crippen molar-refractivity contribution in [1.82, 2.24) is 9.36 Å². The molecule has 4 nitrogen and oxygen atoms in total. The van der Waals surface area contributed by atoms with E-state index in [1.54, 1.807) is 19.2 Å². The molecule has 3 aromatic rings. The lowest BCUT2D eigenvalue weighted by atomic mass is 10.2. The lowest BCUT2D eigenvalue weighted by Crippen LogP contribution is -1.90. The van der Waals surface area contributed by atoms with Crippen LogP contribution in [0.3, 0.4) is 0 Å². The highest BCUT2D eigenvalue weighted by molar-refractivity contribution is 7.09. The molecule has 2 aromatic carbocycles. The largest absolute Gasteiger partial charge is 0.497 e. The van der Waals surface area contributed by atoms with Gasteiger partial charge < -0.3 is 10.1 Å². The number of hydrogen-bond donors (Lipinski definition) is 1. The van der Waals surface area contributed by atoms with E-state index in [1.165, 1.54) is 23.7 Å². The normalized spacial score (nSPS) is 10.4. The zero-order valence-electron chi connectivity index (χ0n) is 11.2. The van der Waals surface area contributed by atoms with Gasteiger partial charge in [-0.05, 0) is 48.5 Å². The van der Waals surface area contributed by atoms with Gasteiger partial charge >= 0.3 is 0 Å². The molecule has 106 valence electrons. The Labute approximate surface area is 125 Å². The van der Waals surface area contributed by atoms with Crippen molar-refractivity contribution < 1.29 is 9.13 Å². The predicted octanol–water partition coefficient (Wildman–Crippen LogP) is 4.10. The summed E-state index contributed by atoms with van der Waals surface area (Å²) in [6.07, 6.45) is 0. The van der Waals surface area contributed by atoms with Gasteiger partial charge in [-0.15, -0.1) is 0 Å². The van der Waals surface area contributed by atoms with Gasteiger partial charge in [0, 0.05) is 22.8 Å². The highest BCUT2D eigenvalue weighted by atomic mass is 32.1. The molecule has 0 spiro atoms. The Kier molecular flexibility index (Phi) is 3.79. The van der Waals surface area contributed by atoms with Crippen LogP contribution in [0.25, 0.3) is 11.4 Å². The van der Waals surface area contributed by atoms with E-state index < -0.39 is 0 Å². The highest BCUT2D eigenvalue weighted by Gasteiger charge is 2.07. The Morgan fingerprint density at radius 3 is 2.43 bits per heavy atom. The molecule has 1 heterocycles. The van der Waals surface area contributed by atoms with E-state index in [-0.39, 0.29) is 5.82 Å². The number of methoxy groups -OCH3 is 1. The molecule has 3 rings (SSSR count). The van der Waals surface area contributed by atoms with Crippen LogP contribution in [-0.2, 0) is 0 Å². The number of nitrogens with one attached hydrogen (secondary N) is 1. The van der Waals surface area contributed by atoms with Crippen LogP contribution in [0, 0.1) is 5.82 Å². The van der Waals surface area contributed by atoms with Gasteiger partial charge in [-0.2, -0.15) is 9.36 Å². The van der Waals surface area contributed by atoms with Gasteiger partial charge in [0.25, 0.3) is 0 Å². The fourth-order valence-electron chi connectivity index (χ4n) is 1.79. The van der Waals surface area contributed by atoms with Crippen molar-refractivity contribution in [2.45, 2.75) is 0 Å². The maximum atomic E-state index is 12.9. The Balaban J connectivity index is 1.76. The van der Waals surface area contributed by atoms with Gasteiger partial charge in [-0.1, -0.05) is 0 Å². The molecule has 0 aliphatic carbocycles. The number of aromatic nitrogens is 2. The number of nitrogens with zero attached hydrogens (tertiary/aromatic N) is 2. The summed E-state index contributed by atoms with van der Waals surface area (Å²) in [5.41, 5.74) is 1.69. The Morgan fingerprint density at radius 1 is 1.05 bits per heavy atom. The van der Waals surface area contributed by atoms with Crippen LogP contribution in [0.5, 0.6) is 5.75 Å². The van der Waals surface area contributed by atoms with Crippen molar-refractivity contribution in [2.24, 2.45) is 0 Å². The molecule has 0 fully saturated rings. The molecular formula is C15H12FN3OS. The number of hydrogen-bond acceptors (Lipinski definition) is 5. The molecular weight excluding hydrogens is 289 g/mol. The predicted molar refractivity (Wildman–Crippen MR) is 81.6 cm³/mol. The average Bonchev–Trinajstić information content (AvgIpc) is 2.97. The van der Waals surface area contributed by atoms with E-state index in [2.05, 4.69) is 14.7 Å². The van der Waals surface area contributed by atoms with E-state index in [0.717, 1.165) is 17.0 Å². The maximum Gasteiger partial charge on any atom is 0.207 e. The number of ether oxygens (including phenoxy) is 1. The molecule has 0 radical (unpaired) electrons. The summed E-state index contributed by atoms with van der Waals surface area (Å²) in [6, 6.07) is 13.6. The van der Waals surface area contributed by atoms with Gasteiger partial charge in [0.15, 0.2) is 5.82 Å². The van der Waals surface area contributed by atoms with Crippen molar-refractivity contribution in [3.63, 3.8) is 0 Å². The second kappa shape index (κ2) is 5.88. The number of halogens is 1. The minimum Gasteiger partial charge on any atom is -0.497 e. The summed E-state index contributed by atoms with van der Waals surface area (Å²) in [6.45, 7) is 0. The standard InChI is InChI=1S/C15H12FN3OS/c1-20-13-8-6-12(7-9-13)17-15-18-14(19-21-15)10-2-4-11(16)5-3-10/h2-9H,1H3,(H,17,18,19). The second-order valence-corrected chi connectivity index (χ2v) is 5.04. The average molecular weight is 301 g/mol. The van der Waals surface area contributed by atoms with E-state index in [0.29, 0.717) is 11.0 Å². The molecule has 0 aliphatic heterocycles. The van der Waals surface area contributed by atoms with E-state index in [1.807, 2.05) is 24.3 Å². The van der Waals surface area contributed by atoms with Gasteiger partial charge in [0.1, 0.15) is 11.6 Å². The summed E-state index contributed by atoms with van der Waals surface area (Å²) in [7, 11) is 1.63. The molecule has 21 heavy (non-hydrogen) atoms.